The molecule has 0 aliphatic heterocycles. The van der Waals surface area contributed by atoms with E-state index in [1.807, 2.05) is 0 Å². The van der Waals surface area contributed by atoms with Crippen LogP contribution in [0.3, 0.4) is 0 Å². The lowest BCUT2D eigenvalue weighted by molar-refractivity contribution is -0.153. The molecular weight excluding hydrogens is 313 g/mol. The highest BCUT2D eigenvalue weighted by atomic mass is 19.4. The Kier molecular flexibility index (Phi) is 5.38. The van der Waals surface area contributed by atoms with Gasteiger partial charge in [-0.2, -0.15) is 13.2 Å². The van der Waals surface area contributed by atoms with E-state index < -0.39 is 12.8 Å². The van der Waals surface area contributed by atoms with Crippen molar-refractivity contribution in [1.82, 2.24) is 9.55 Å². The molecule has 0 atom stereocenters. The second kappa shape index (κ2) is 7.28. The molecule has 23 heavy (non-hydrogen) atoms. The molecule has 0 bridgehead atoms. The van der Waals surface area contributed by atoms with Gasteiger partial charge in [-0.3, -0.25) is 9.36 Å². The SMILES string of the molecule is COCc1cc(=O)n(Cc2ccccc2OCC(F)(F)F)cn1. The van der Waals surface area contributed by atoms with Gasteiger partial charge in [0.05, 0.1) is 25.2 Å². The number of nitrogens with zero attached hydrogens (tertiary/aromatic N) is 2. The maximum atomic E-state index is 12.3. The largest absolute Gasteiger partial charge is 0.484 e. The van der Waals surface area contributed by atoms with Crippen molar-refractivity contribution in [3.63, 3.8) is 0 Å². The minimum Gasteiger partial charge on any atom is -0.484 e. The molecule has 5 nitrogen and oxygen atoms in total. The van der Waals surface area contributed by atoms with Crippen LogP contribution in [-0.2, 0) is 17.9 Å². The van der Waals surface area contributed by atoms with Gasteiger partial charge in [0.2, 0.25) is 0 Å². The maximum absolute atomic E-state index is 12.3. The first-order valence-electron chi connectivity index (χ1n) is 6.71. The third-order valence-electron chi connectivity index (χ3n) is 2.93. The van der Waals surface area contributed by atoms with Crippen molar-refractivity contribution in [2.75, 3.05) is 13.7 Å². The van der Waals surface area contributed by atoms with Gasteiger partial charge in [0.1, 0.15) is 5.75 Å². The van der Waals surface area contributed by atoms with Gasteiger partial charge in [0, 0.05) is 18.7 Å². The van der Waals surface area contributed by atoms with Crippen molar-refractivity contribution >= 4 is 0 Å². The van der Waals surface area contributed by atoms with Crippen LogP contribution in [-0.4, -0.2) is 29.4 Å². The fourth-order valence-corrected chi connectivity index (χ4v) is 1.93. The summed E-state index contributed by atoms with van der Waals surface area (Å²) < 4.78 is 47.8. The van der Waals surface area contributed by atoms with Crippen LogP contribution in [0.4, 0.5) is 13.2 Å². The molecule has 0 aliphatic rings. The van der Waals surface area contributed by atoms with E-state index in [1.165, 1.54) is 30.1 Å². The molecule has 0 saturated heterocycles. The van der Waals surface area contributed by atoms with E-state index in [1.54, 1.807) is 18.2 Å². The predicted octanol–water partition coefficient (Wildman–Crippen LogP) is 2.38. The number of alkyl halides is 3. The summed E-state index contributed by atoms with van der Waals surface area (Å²) in [4.78, 5) is 16.1. The van der Waals surface area contributed by atoms with Gasteiger partial charge in [0.15, 0.2) is 6.61 Å². The highest BCUT2D eigenvalue weighted by Crippen LogP contribution is 2.22. The quantitative estimate of drug-likeness (QED) is 0.817. The molecule has 2 aromatic rings. The van der Waals surface area contributed by atoms with Crippen LogP contribution in [0.5, 0.6) is 5.75 Å². The van der Waals surface area contributed by atoms with Gasteiger partial charge in [-0.1, -0.05) is 18.2 Å². The first kappa shape index (κ1) is 17.0. The first-order chi connectivity index (χ1) is 10.9. The normalized spacial score (nSPS) is 11.5. The van der Waals surface area contributed by atoms with Gasteiger partial charge >= 0.3 is 6.18 Å². The van der Waals surface area contributed by atoms with Gasteiger partial charge < -0.3 is 9.47 Å². The van der Waals surface area contributed by atoms with Crippen LogP contribution in [0.25, 0.3) is 0 Å². The van der Waals surface area contributed by atoms with E-state index in [0.29, 0.717) is 11.3 Å². The van der Waals surface area contributed by atoms with Gasteiger partial charge in [0.25, 0.3) is 5.56 Å². The summed E-state index contributed by atoms with van der Waals surface area (Å²) in [5.74, 6) is 0.0812. The smallest absolute Gasteiger partial charge is 0.422 e. The molecular formula is C15H15F3N2O3. The number of benzene rings is 1. The molecule has 124 valence electrons. The molecule has 1 aromatic heterocycles. The molecule has 0 radical (unpaired) electrons. The Labute approximate surface area is 130 Å². The lowest BCUT2D eigenvalue weighted by atomic mass is 10.2. The number of rotatable bonds is 6. The van der Waals surface area contributed by atoms with Crippen molar-refractivity contribution in [2.45, 2.75) is 19.3 Å². The average Bonchev–Trinajstić information content (AvgIpc) is 2.48. The molecule has 1 aromatic carbocycles. The lowest BCUT2D eigenvalue weighted by Crippen LogP contribution is -2.23. The maximum Gasteiger partial charge on any atom is 0.422 e. The number of hydrogen-bond acceptors (Lipinski definition) is 4. The zero-order valence-electron chi connectivity index (χ0n) is 12.3. The molecule has 0 N–H and O–H groups in total. The summed E-state index contributed by atoms with van der Waals surface area (Å²) in [5, 5.41) is 0. The minimum atomic E-state index is -4.42. The molecule has 2 rings (SSSR count). The standard InChI is InChI=1S/C15H15F3N2O3/c1-22-8-12-6-14(21)20(10-19-12)7-11-4-2-3-5-13(11)23-9-15(16,17)18/h2-6,10H,7-9H2,1H3. The molecule has 0 spiro atoms. The number of methoxy groups -OCH3 is 1. The number of para-hydroxylation sites is 1. The average molecular weight is 328 g/mol. The topological polar surface area (TPSA) is 53.4 Å². The van der Waals surface area contributed by atoms with Crippen LogP contribution >= 0.6 is 0 Å². The zero-order chi connectivity index (χ0) is 16.9. The van der Waals surface area contributed by atoms with E-state index in [-0.39, 0.29) is 24.5 Å². The Balaban J connectivity index is 2.18. The Morgan fingerprint density at radius 3 is 2.65 bits per heavy atom. The van der Waals surface area contributed by atoms with Crippen molar-refractivity contribution in [3.8, 4) is 5.75 Å². The Morgan fingerprint density at radius 2 is 2.00 bits per heavy atom. The van der Waals surface area contributed by atoms with Crippen LogP contribution in [0, 0.1) is 0 Å². The molecule has 0 aliphatic carbocycles. The highest BCUT2D eigenvalue weighted by molar-refractivity contribution is 5.33. The molecule has 0 saturated carbocycles. The summed E-state index contributed by atoms with van der Waals surface area (Å²) in [6.07, 6.45) is -3.09. The Hall–Kier alpha value is -2.35. The van der Waals surface area contributed by atoms with Crippen molar-refractivity contribution < 1.29 is 22.6 Å². The third-order valence-corrected chi connectivity index (χ3v) is 2.93. The fraction of sp³-hybridized carbons (Fsp3) is 0.333. The molecule has 0 amide bonds. The summed E-state index contributed by atoms with van der Waals surface area (Å²) in [7, 11) is 1.49. The molecule has 0 fully saturated rings. The van der Waals surface area contributed by atoms with Crippen LogP contribution in [0.15, 0.2) is 41.5 Å². The third kappa shape index (κ3) is 5.10. The number of aromatic nitrogens is 2. The van der Waals surface area contributed by atoms with Gasteiger partial charge in [-0.15, -0.1) is 0 Å². The summed E-state index contributed by atoms with van der Waals surface area (Å²) in [6, 6.07) is 7.58. The van der Waals surface area contributed by atoms with E-state index in [9.17, 15) is 18.0 Å². The van der Waals surface area contributed by atoms with Crippen molar-refractivity contribution in [2.24, 2.45) is 0 Å². The van der Waals surface area contributed by atoms with E-state index >= 15 is 0 Å². The second-order valence-corrected chi connectivity index (χ2v) is 4.79. The zero-order valence-corrected chi connectivity index (χ0v) is 12.3. The van der Waals surface area contributed by atoms with Crippen molar-refractivity contribution in [3.05, 3.63) is 58.3 Å². The van der Waals surface area contributed by atoms with Crippen LogP contribution < -0.4 is 10.3 Å². The second-order valence-electron chi connectivity index (χ2n) is 4.79. The van der Waals surface area contributed by atoms with Gasteiger partial charge in [-0.05, 0) is 6.07 Å². The Morgan fingerprint density at radius 1 is 1.26 bits per heavy atom. The van der Waals surface area contributed by atoms with E-state index in [0.717, 1.165) is 0 Å². The van der Waals surface area contributed by atoms with Crippen LogP contribution in [0.1, 0.15) is 11.3 Å². The fourth-order valence-electron chi connectivity index (χ4n) is 1.93. The summed E-state index contributed by atoms with van der Waals surface area (Å²) in [6.45, 7) is -1.11. The van der Waals surface area contributed by atoms with Crippen LogP contribution in [0.2, 0.25) is 0 Å². The number of hydrogen-bond donors (Lipinski definition) is 0. The lowest BCUT2D eigenvalue weighted by Gasteiger charge is -2.14. The van der Waals surface area contributed by atoms with Crippen molar-refractivity contribution in [1.29, 1.82) is 0 Å². The summed E-state index contributed by atoms with van der Waals surface area (Å²) in [5.41, 5.74) is 0.619. The number of ether oxygens (including phenoxy) is 2. The van der Waals surface area contributed by atoms with Gasteiger partial charge in [-0.25, -0.2) is 4.98 Å². The molecule has 8 heteroatoms. The highest BCUT2D eigenvalue weighted by Gasteiger charge is 2.28. The molecule has 0 unspecified atom stereocenters. The molecule has 1 heterocycles. The van der Waals surface area contributed by atoms with E-state index in [2.05, 4.69) is 4.98 Å². The predicted molar refractivity (Wildman–Crippen MR) is 76.3 cm³/mol. The monoisotopic (exact) mass is 328 g/mol. The van der Waals surface area contributed by atoms with E-state index in [4.69, 9.17) is 9.47 Å². The Bertz CT molecular complexity index is 714. The summed E-state index contributed by atoms with van der Waals surface area (Å²) >= 11 is 0. The number of halogens is 3. The first-order valence-corrected chi connectivity index (χ1v) is 6.71. The minimum absolute atomic E-state index is 0.0626.